The zero-order chi connectivity index (χ0) is 44.6. The second-order valence-corrected chi connectivity index (χ2v) is 19.4. The lowest BCUT2D eigenvalue weighted by atomic mass is 9.96. The number of piperazine rings is 2. The Hall–Kier alpha value is -5.45. The molecule has 4 aromatic rings. The van der Waals surface area contributed by atoms with E-state index in [1.807, 2.05) is 24.5 Å². The number of piperidine rings is 2. The van der Waals surface area contributed by atoms with Gasteiger partial charge >= 0.3 is 0 Å². The molecule has 1 aliphatic carbocycles. The number of pyridine rings is 1. The summed E-state index contributed by atoms with van der Waals surface area (Å²) in [4.78, 5) is 81.0. The normalized spacial score (nSPS) is 22.0. The van der Waals surface area contributed by atoms with E-state index in [2.05, 4.69) is 63.6 Å². The number of nitrogens with zero attached hydrogens (tertiary/aromatic N) is 11. The lowest BCUT2D eigenvalue weighted by molar-refractivity contribution is -0.136. The third-order valence-corrected chi connectivity index (χ3v) is 15.0. The van der Waals surface area contributed by atoms with Gasteiger partial charge in [-0.2, -0.15) is 0 Å². The quantitative estimate of drug-likeness (QED) is 0.208. The number of nitrogens with one attached hydrogen (secondary N) is 1. The zero-order valence-corrected chi connectivity index (χ0v) is 38.2. The number of carbonyl (C=O) groups is 4. The monoisotopic (exact) mass is 885 g/mol. The van der Waals surface area contributed by atoms with E-state index in [4.69, 9.17) is 9.97 Å². The number of aromatic nitrogens is 4. The number of amides is 4. The first-order chi connectivity index (χ1) is 31.6. The van der Waals surface area contributed by atoms with Crippen LogP contribution in [0, 0.1) is 5.92 Å². The molecule has 1 atom stereocenters. The van der Waals surface area contributed by atoms with Crippen LogP contribution in [0.5, 0.6) is 0 Å². The topological polar surface area (TPSA) is 147 Å². The minimum absolute atomic E-state index is 0.00521. The third-order valence-electron chi connectivity index (χ3n) is 15.0. The van der Waals surface area contributed by atoms with Crippen molar-refractivity contribution in [1.29, 1.82) is 0 Å². The van der Waals surface area contributed by atoms with E-state index in [0.717, 1.165) is 124 Å². The van der Waals surface area contributed by atoms with Crippen LogP contribution in [0.15, 0.2) is 48.8 Å². The molecular formula is C49H64N12O4. The average molecular weight is 885 g/mol. The number of likely N-dealkylation sites (tertiary alicyclic amines) is 1. The van der Waals surface area contributed by atoms with Crippen molar-refractivity contribution in [2.24, 2.45) is 5.92 Å². The van der Waals surface area contributed by atoms with Gasteiger partial charge in [0.25, 0.3) is 11.8 Å². The van der Waals surface area contributed by atoms with Crippen LogP contribution in [0.1, 0.15) is 95.3 Å². The fourth-order valence-electron chi connectivity index (χ4n) is 11.1. The Labute approximate surface area is 381 Å². The minimum Gasteiger partial charge on any atom is -0.369 e. The molecule has 1 N–H and O–H groups in total. The van der Waals surface area contributed by atoms with Crippen molar-refractivity contribution in [3.05, 3.63) is 77.1 Å². The van der Waals surface area contributed by atoms with Crippen LogP contribution < -0.4 is 15.1 Å². The van der Waals surface area contributed by atoms with Gasteiger partial charge in [-0.25, -0.2) is 9.97 Å². The highest BCUT2D eigenvalue weighted by atomic mass is 16.2. The van der Waals surface area contributed by atoms with Crippen molar-refractivity contribution >= 4 is 46.0 Å². The molecule has 3 aromatic heterocycles. The third kappa shape index (κ3) is 9.34. The molecule has 65 heavy (non-hydrogen) atoms. The molecule has 16 nitrogen and oxygen atoms in total. The van der Waals surface area contributed by atoms with Gasteiger partial charge in [-0.15, -0.1) is 0 Å². The molecule has 16 heteroatoms. The van der Waals surface area contributed by atoms with Crippen molar-refractivity contribution in [3.8, 4) is 0 Å². The standard InChI is InChI=1S/C49H64N12O4/c1-54(2)49(65)43-28-35-30-51-44(52-46(35)61(43)38-5-3-4-6-38)29-37-7-8-40(31-50-37)59-23-19-56(20-24-59)18-17-55-15-13-34(14-16-55)32-57-21-25-58(26-22-57)39-9-10-41-36(27-39)33-60(48(41)64)42-11-12-45(62)53-47(42)63/h7-10,27-28,30-31,34,38,42H,3-6,11-26,29,32-33H2,1-2H3,(H,53,62,63). The molecule has 10 rings (SSSR count). The summed E-state index contributed by atoms with van der Waals surface area (Å²) in [7, 11) is 3.61. The molecule has 1 saturated carbocycles. The van der Waals surface area contributed by atoms with Crippen molar-refractivity contribution in [2.75, 3.05) is 109 Å². The van der Waals surface area contributed by atoms with Gasteiger partial charge in [0.15, 0.2) is 0 Å². The highest BCUT2D eigenvalue weighted by Gasteiger charge is 2.39. The molecule has 5 aliphatic heterocycles. The summed E-state index contributed by atoms with van der Waals surface area (Å²) >= 11 is 0. The second kappa shape index (κ2) is 18.8. The molecule has 0 radical (unpaired) electrons. The smallest absolute Gasteiger partial charge is 0.270 e. The molecule has 4 saturated heterocycles. The molecule has 8 heterocycles. The van der Waals surface area contributed by atoms with Gasteiger partial charge in [-0.3, -0.25) is 39.3 Å². The lowest BCUT2D eigenvalue weighted by Crippen LogP contribution is -2.52. The van der Waals surface area contributed by atoms with Crippen LogP contribution in [-0.4, -0.2) is 173 Å². The predicted octanol–water partition coefficient (Wildman–Crippen LogP) is 3.65. The summed E-state index contributed by atoms with van der Waals surface area (Å²) in [5.41, 5.74) is 6.43. The summed E-state index contributed by atoms with van der Waals surface area (Å²) in [6.45, 7) is 14.3. The first kappa shape index (κ1) is 43.4. The van der Waals surface area contributed by atoms with E-state index in [1.165, 1.54) is 45.3 Å². The number of rotatable bonds is 12. The van der Waals surface area contributed by atoms with Crippen LogP contribution in [0.25, 0.3) is 11.0 Å². The molecule has 0 bridgehead atoms. The van der Waals surface area contributed by atoms with E-state index in [0.29, 0.717) is 36.7 Å². The fraction of sp³-hybridized carbons (Fsp3) is 0.571. The van der Waals surface area contributed by atoms with Crippen LogP contribution in [0.2, 0.25) is 0 Å². The van der Waals surface area contributed by atoms with E-state index >= 15 is 0 Å². The Morgan fingerprint density at radius 3 is 2.14 bits per heavy atom. The Bertz CT molecular complexity index is 2390. The number of carbonyl (C=O) groups excluding carboxylic acids is 4. The SMILES string of the molecule is CN(C)C(=O)c1cc2cnc(Cc3ccc(N4CCN(CCN5CCC(CN6CCN(c7ccc8c(c7)CN(C7CCC(=O)NC7=O)C8=O)CC6)CC5)CC4)cn3)nc2n1C1CCCC1. The molecule has 6 aliphatic rings. The van der Waals surface area contributed by atoms with Crippen molar-refractivity contribution < 1.29 is 19.2 Å². The molecule has 344 valence electrons. The summed E-state index contributed by atoms with van der Waals surface area (Å²) in [5, 5.41) is 3.31. The Kier molecular flexibility index (Phi) is 12.6. The second-order valence-electron chi connectivity index (χ2n) is 19.4. The first-order valence-corrected chi connectivity index (χ1v) is 24.1. The van der Waals surface area contributed by atoms with Gasteiger partial charge in [0.1, 0.15) is 23.2 Å². The number of imide groups is 1. The van der Waals surface area contributed by atoms with Gasteiger partial charge in [0.05, 0.1) is 18.3 Å². The van der Waals surface area contributed by atoms with E-state index < -0.39 is 6.04 Å². The van der Waals surface area contributed by atoms with Gasteiger partial charge in [-0.05, 0) is 93.1 Å². The fourth-order valence-corrected chi connectivity index (χ4v) is 11.1. The highest BCUT2D eigenvalue weighted by molar-refractivity contribution is 6.05. The number of benzene rings is 1. The van der Waals surface area contributed by atoms with Crippen molar-refractivity contribution in [3.63, 3.8) is 0 Å². The maximum Gasteiger partial charge on any atom is 0.270 e. The van der Waals surface area contributed by atoms with E-state index in [-0.39, 0.29) is 30.0 Å². The molecule has 0 spiro atoms. The van der Waals surface area contributed by atoms with Crippen molar-refractivity contribution in [1.82, 2.24) is 49.3 Å². The largest absolute Gasteiger partial charge is 0.369 e. The maximum absolute atomic E-state index is 13.2. The number of fused-ring (bicyclic) bond motifs is 2. The first-order valence-electron chi connectivity index (χ1n) is 24.1. The van der Waals surface area contributed by atoms with Crippen LogP contribution in [0.4, 0.5) is 11.4 Å². The van der Waals surface area contributed by atoms with E-state index in [1.54, 1.807) is 23.9 Å². The predicted molar refractivity (Wildman–Crippen MR) is 249 cm³/mol. The Morgan fingerprint density at radius 1 is 0.754 bits per heavy atom. The number of anilines is 2. The summed E-state index contributed by atoms with van der Waals surface area (Å²) < 4.78 is 2.17. The maximum atomic E-state index is 13.2. The average Bonchev–Trinajstić information content (AvgIpc) is 4.07. The number of hydrogen-bond acceptors (Lipinski definition) is 12. The zero-order valence-electron chi connectivity index (χ0n) is 38.2. The summed E-state index contributed by atoms with van der Waals surface area (Å²) in [5.74, 6) is 0.719. The Balaban J connectivity index is 0.633. The van der Waals surface area contributed by atoms with Crippen LogP contribution in [0.3, 0.4) is 0 Å². The molecule has 1 aromatic carbocycles. The molecule has 4 amide bonds. The van der Waals surface area contributed by atoms with Gasteiger partial charge in [-0.1, -0.05) is 12.8 Å². The highest BCUT2D eigenvalue weighted by Crippen LogP contribution is 2.35. The van der Waals surface area contributed by atoms with Crippen LogP contribution >= 0.6 is 0 Å². The summed E-state index contributed by atoms with van der Waals surface area (Å²) in [6.07, 6.45) is 12.1. The molecular weight excluding hydrogens is 821 g/mol. The van der Waals surface area contributed by atoms with Gasteiger partial charge in [0.2, 0.25) is 11.8 Å². The van der Waals surface area contributed by atoms with Crippen molar-refractivity contribution in [2.45, 2.75) is 76.4 Å². The Morgan fingerprint density at radius 2 is 1.45 bits per heavy atom. The van der Waals surface area contributed by atoms with Crippen LogP contribution in [-0.2, 0) is 22.6 Å². The molecule has 1 unspecified atom stereocenters. The summed E-state index contributed by atoms with van der Waals surface area (Å²) in [6, 6.07) is 12.1. The number of hydrogen-bond donors (Lipinski definition) is 1. The lowest BCUT2D eigenvalue weighted by Gasteiger charge is -2.40. The van der Waals surface area contributed by atoms with E-state index in [9.17, 15) is 19.2 Å². The molecule has 5 fully saturated rings. The minimum atomic E-state index is -0.584. The van der Waals surface area contributed by atoms with Gasteiger partial charge in [0, 0.05) is 134 Å². The van der Waals surface area contributed by atoms with Gasteiger partial charge < -0.3 is 29.1 Å².